The zero-order valence-electron chi connectivity index (χ0n) is 7.49. The Morgan fingerprint density at radius 1 is 1.67 bits per heavy atom. The smallest absolute Gasteiger partial charge is 0.213 e. The van der Waals surface area contributed by atoms with Gasteiger partial charge in [0, 0.05) is 18.7 Å². The molecule has 72 valence electrons. The number of ether oxygens (including phenoxy) is 1. The van der Waals surface area contributed by atoms with Crippen LogP contribution < -0.4 is 11.1 Å². The van der Waals surface area contributed by atoms with Gasteiger partial charge < -0.3 is 15.6 Å². The molecule has 0 aliphatic heterocycles. The highest BCUT2D eigenvalue weighted by Crippen LogP contribution is 2.17. The highest BCUT2D eigenvalue weighted by atomic mass is 16.6. The molecule has 12 heavy (non-hydrogen) atoms. The van der Waals surface area contributed by atoms with Crippen LogP contribution >= 0.6 is 0 Å². The van der Waals surface area contributed by atoms with Crippen LogP contribution in [0.25, 0.3) is 0 Å². The maximum absolute atomic E-state index is 9.24. The van der Waals surface area contributed by atoms with Crippen LogP contribution in [0.4, 0.5) is 0 Å². The van der Waals surface area contributed by atoms with Crippen molar-refractivity contribution in [1.29, 1.82) is 0 Å². The second-order valence-electron chi connectivity index (χ2n) is 3.18. The minimum absolute atomic E-state index is 0.167. The van der Waals surface area contributed by atoms with Crippen LogP contribution in [0.2, 0.25) is 0 Å². The maximum Gasteiger partial charge on any atom is 0.213 e. The second-order valence-corrected chi connectivity index (χ2v) is 3.18. The Labute approximate surface area is 73.1 Å². The van der Waals surface area contributed by atoms with Gasteiger partial charge in [-0.15, -0.1) is 0 Å². The van der Waals surface area contributed by atoms with Gasteiger partial charge in [0.25, 0.3) is 0 Å². The summed E-state index contributed by atoms with van der Waals surface area (Å²) in [6, 6.07) is 0.381. The molecular formula is C8H18N2O2. The standard InChI is InChI=1S/C8H18N2O2/c1-2-12-8(11)10-7-5-3-4-6(7)9/h6-8,10-11H,2-5,9H2,1H3. The summed E-state index contributed by atoms with van der Waals surface area (Å²) in [6.45, 7) is 2.36. The van der Waals surface area contributed by atoms with E-state index in [1.54, 1.807) is 0 Å². The zero-order chi connectivity index (χ0) is 8.97. The average molecular weight is 174 g/mol. The van der Waals surface area contributed by atoms with Gasteiger partial charge in [0.2, 0.25) is 6.41 Å². The summed E-state index contributed by atoms with van der Waals surface area (Å²) in [7, 11) is 0. The Morgan fingerprint density at radius 3 is 2.92 bits per heavy atom. The van der Waals surface area contributed by atoms with E-state index in [2.05, 4.69) is 5.32 Å². The monoisotopic (exact) mass is 174 g/mol. The van der Waals surface area contributed by atoms with Gasteiger partial charge in [-0.1, -0.05) is 6.42 Å². The van der Waals surface area contributed by atoms with E-state index in [4.69, 9.17) is 10.5 Å². The van der Waals surface area contributed by atoms with Crippen LogP contribution in [-0.4, -0.2) is 30.2 Å². The van der Waals surface area contributed by atoms with E-state index in [9.17, 15) is 5.11 Å². The molecule has 4 heteroatoms. The quantitative estimate of drug-likeness (QED) is 0.515. The first-order valence-electron chi connectivity index (χ1n) is 4.55. The van der Waals surface area contributed by atoms with Crippen LogP contribution in [-0.2, 0) is 4.74 Å². The Morgan fingerprint density at radius 2 is 2.42 bits per heavy atom. The Hall–Kier alpha value is -0.160. The van der Waals surface area contributed by atoms with Gasteiger partial charge in [0.15, 0.2) is 0 Å². The fourth-order valence-electron chi connectivity index (χ4n) is 1.58. The molecule has 3 unspecified atom stereocenters. The summed E-state index contributed by atoms with van der Waals surface area (Å²) < 4.78 is 4.94. The molecule has 1 aliphatic carbocycles. The van der Waals surface area contributed by atoms with Crippen LogP contribution in [0.3, 0.4) is 0 Å². The van der Waals surface area contributed by atoms with Crippen molar-refractivity contribution in [2.75, 3.05) is 6.61 Å². The number of aliphatic hydroxyl groups is 1. The predicted octanol–water partition coefficient (Wildman–Crippen LogP) is -0.232. The Bertz CT molecular complexity index is 132. The van der Waals surface area contributed by atoms with Crippen molar-refractivity contribution >= 4 is 0 Å². The van der Waals surface area contributed by atoms with Crippen molar-refractivity contribution in [2.45, 2.75) is 44.7 Å². The first kappa shape index (κ1) is 9.92. The molecular weight excluding hydrogens is 156 g/mol. The topological polar surface area (TPSA) is 67.5 Å². The van der Waals surface area contributed by atoms with Gasteiger partial charge in [-0.3, -0.25) is 5.32 Å². The number of nitrogens with one attached hydrogen (secondary N) is 1. The number of hydrogen-bond acceptors (Lipinski definition) is 4. The normalized spacial score (nSPS) is 32.2. The fourth-order valence-corrected chi connectivity index (χ4v) is 1.58. The zero-order valence-corrected chi connectivity index (χ0v) is 7.49. The molecule has 3 atom stereocenters. The van der Waals surface area contributed by atoms with Crippen molar-refractivity contribution in [3.8, 4) is 0 Å². The predicted molar refractivity (Wildman–Crippen MR) is 46.4 cm³/mol. The lowest BCUT2D eigenvalue weighted by atomic mass is 10.2. The van der Waals surface area contributed by atoms with Crippen LogP contribution in [0.15, 0.2) is 0 Å². The van der Waals surface area contributed by atoms with E-state index >= 15 is 0 Å². The van der Waals surface area contributed by atoms with Gasteiger partial charge in [-0.2, -0.15) is 0 Å². The molecule has 4 nitrogen and oxygen atoms in total. The SMILES string of the molecule is CCOC(O)NC1CCCC1N. The molecule has 0 aromatic carbocycles. The van der Waals surface area contributed by atoms with Gasteiger partial charge in [-0.05, 0) is 19.8 Å². The number of hydrogen-bond donors (Lipinski definition) is 3. The summed E-state index contributed by atoms with van der Waals surface area (Å²) >= 11 is 0. The highest BCUT2D eigenvalue weighted by molar-refractivity contribution is 4.85. The lowest BCUT2D eigenvalue weighted by molar-refractivity contribution is -0.122. The lowest BCUT2D eigenvalue weighted by Gasteiger charge is -2.21. The first-order chi connectivity index (χ1) is 5.74. The summed E-state index contributed by atoms with van der Waals surface area (Å²) in [5.41, 5.74) is 5.79. The molecule has 0 amide bonds. The minimum atomic E-state index is -0.857. The van der Waals surface area contributed by atoms with Crippen LogP contribution in [0.1, 0.15) is 26.2 Å². The Kier molecular flexibility index (Phi) is 3.94. The molecule has 0 aromatic rings. The van der Waals surface area contributed by atoms with Crippen LogP contribution in [0.5, 0.6) is 0 Å². The van der Waals surface area contributed by atoms with Gasteiger partial charge in [-0.25, -0.2) is 0 Å². The van der Waals surface area contributed by atoms with Crippen molar-refractivity contribution in [3.63, 3.8) is 0 Å². The summed E-state index contributed by atoms with van der Waals surface area (Å²) in [6.07, 6.45) is 2.35. The van der Waals surface area contributed by atoms with E-state index in [0.29, 0.717) is 6.61 Å². The molecule has 1 aliphatic rings. The van der Waals surface area contributed by atoms with E-state index in [1.807, 2.05) is 6.92 Å². The number of rotatable bonds is 4. The van der Waals surface area contributed by atoms with Gasteiger partial charge in [0.1, 0.15) is 0 Å². The molecule has 0 aromatic heterocycles. The van der Waals surface area contributed by atoms with Crippen molar-refractivity contribution in [1.82, 2.24) is 5.32 Å². The highest BCUT2D eigenvalue weighted by Gasteiger charge is 2.25. The third kappa shape index (κ3) is 2.71. The average Bonchev–Trinajstić information content (AvgIpc) is 2.37. The molecule has 0 heterocycles. The molecule has 1 fully saturated rings. The fraction of sp³-hybridized carbons (Fsp3) is 1.00. The van der Waals surface area contributed by atoms with Crippen molar-refractivity contribution in [3.05, 3.63) is 0 Å². The summed E-state index contributed by atoms with van der Waals surface area (Å²) in [5.74, 6) is 0. The summed E-state index contributed by atoms with van der Waals surface area (Å²) in [5, 5.41) is 12.2. The molecule has 0 spiro atoms. The van der Waals surface area contributed by atoms with E-state index in [-0.39, 0.29) is 12.1 Å². The third-order valence-corrected chi connectivity index (χ3v) is 2.25. The molecule has 1 saturated carbocycles. The third-order valence-electron chi connectivity index (χ3n) is 2.25. The van der Waals surface area contributed by atoms with Crippen molar-refractivity contribution in [2.24, 2.45) is 5.73 Å². The van der Waals surface area contributed by atoms with Gasteiger partial charge >= 0.3 is 0 Å². The molecule has 4 N–H and O–H groups in total. The summed E-state index contributed by atoms with van der Waals surface area (Å²) in [4.78, 5) is 0. The molecule has 0 radical (unpaired) electrons. The van der Waals surface area contributed by atoms with E-state index < -0.39 is 6.41 Å². The lowest BCUT2D eigenvalue weighted by Crippen LogP contribution is -2.47. The minimum Gasteiger partial charge on any atom is -0.356 e. The first-order valence-corrected chi connectivity index (χ1v) is 4.55. The van der Waals surface area contributed by atoms with E-state index in [1.165, 1.54) is 0 Å². The molecule has 0 saturated heterocycles. The number of aliphatic hydroxyl groups excluding tert-OH is 1. The van der Waals surface area contributed by atoms with Crippen LogP contribution in [0, 0.1) is 0 Å². The Balaban J connectivity index is 2.20. The molecule has 0 bridgehead atoms. The van der Waals surface area contributed by atoms with Crippen molar-refractivity contribution < 1.29 is 9.84 Å². The number of nitrogens with two attached hydrogens (primary N) is 1. The van der Waals surface area contributed by atoms with E-state index in [0.717, 1.165) is 19.3 Å². The van der Waals surface area contributed by atoms with Gasteiger partial charge in [0.05, 0.1) is 0 Å². The molecule has 1 rings (SSSR count). The second kappa shape index (κ2) is 4.77. The largest absolute Gasteiger partial charge is 0.356 e. The maximum atomic E-state index is 9.24.